The van der Waals surface area contributed by atoms with Gasteiger partial charge in [-0.25, -0.2) is 5.43 Å². The molecule has 0 radical (unpaired) electrons. The van der Waals surface area contributed by atoms with Crippen molar-refractivity contribution in [3.63, 3.8) is 0 Å². The average Bonchev–Trinajstić information content (AvgIpc) is 3.09. The van der Waals surface area contributed by atoms with Crippen LogP contribution in [0.4, 0.5) is 0 Å². The molecule has 0 saturated heterocycles. The van der Waals surface area contributed by atoms with Crippen LogP contribution in [0, 0.1) is 0 Å². The first-order chi connectivity index (χ1) is 12.0. The second kappa shape index (κ2) is 7.70. The van der Waals surface area contributed by atoms with Crippen LogP contribution < -0.4 is 5.43 Å². The fourth-order valence-corrected chi connectivity index (χ4v) is 2.53. The van der Waals surface area contributed by atoms with Crippen molar-refractivity contribution >= 4 is 46.9 Å². The van der Waals surface area contributed by atoms with E-state index >= 15 is 0 Å². The molecule has 0 atom stereocenters. The summed E-state index contributed by atoms with van der Waals surface area (Å²) in [7, 11) is 0. The van der Waals surface area contributed by atoms with Crippen LogP contribution in [-0.2, 0) is 0 Å². The van der Waals surface area contributed by atoms with Crippen molar-refractivity contribution in [2.45, 2.75) is 0 Å². The zero-order valence-electron chi connectivity index (χ0n) is 12.6. The van der Waals surface area contributed by atoms with Gasteiger partial charge >= 0.3 is 0 Å². The fourth-order valence-electron chi connectivity index (χ4n) is 2.05. The second-order valence-electron chi connectivity index (χ2n) is 5.02. The van der Waals surface area contributed by atoms with E-state index in [4.69, 9.17) is 34.8 Å². The molecule has 1 amide bonds. The number of hydrogen-bond donors (Lipinski definition) is 2. The van der Waals surface area contributed by atoms with Gasteiger partial charge in [0.2, 0.25) is 0 Å². The lowest BCUT2D eigenvalue weighted by Crippen LogP contribution is -2.18. The fraction of sp³-hybridized carbons (Fsp3) is 0. The zero-order chi connectivity index (χ0) is 17.8. The Hall–Kier alpha value is -2.34. The Bertz CT molecular complexity index is 935. The lowest BCUT2D eigenvalue weighted by atomic mass is 10.1. The quantitative estimate of drug-likeness (QED) is 0.494. The highest BCUT2D eigenvalue weighted by Crippen LogP contribution is 2.24. The van der Waals surface area contributed by atoms with Gasteiger partial charge in [0.1, 0.15) is 5.69 Å². The van der Waals surface area contributed by atoms with Crippen LogP contribution in [0.1, 0.15) is 16.1 Å². The van der Waals surface area contributed by atoms with Gasteiger partial charge in [-0.1, -0.05) is 59.1 Å². The molecule has 2 aromatic carbocycles. The Balaban J connectivity index is 1.69. The number of aromatic nitrogens is 2. The summed E-state index contributed by atoms with van der Waals surface area (Å²) >= 11 is 17.8. The molecule has 0 spiro atoms. The van der Waals surface area contributed by atoms with E-state index in [0.29, 0.717) is 26.3 Å². The monoisotopic (exact) mass is 392 g/mol. The molecule has 0 unspecified atom stereocenters. The summed E-state index contributed by atoms with van der Waals surface area (Å²) < 4.78 is 0. The number of halogens is 3. The van der Waals surface area contributed by atoms with E-state index in [2.05, 4.69) is 20.7 Å². The molecular weight excluding hydrogens is 383 g/mol. The number of nitrogens with one attached hydrogen (secondary N) is 2. The molecule has 126 valence electrons. The Morgan fingerprint density at radius 3 is 2.64 bits per heavy atom. The van der Waals surface area contributed by atoms with Gasteiger partial charge < -0.3 is 0 Å². The molecule has 0 bridgehead atoms. The predicted molar refractivity (Wildman–Crippen MR) is 101 cm³/mol. The summed E-state index contributed by atoms with van der Waals surface area (Å²) in [5, 5.41) is 12.1. The van der Waals surface area contributed by atoms with Crippen LogP contribution in [0.2, 0.25) is 15.1 Å². The van der Waals surface area contributed by atoms with Crippen molar-refractivity contribution < 1.29 is 4.79 Å². The number of carbonyl (C=O) groups is 1. The lowest BCUT2D eigenvalue weighted by Gasteiger charge is -2.00. The number of amides is 1. The van der Waals surface area contributed by atoms with E-state index in [1.165, 1.54) is 6.21 Å². The maximum Gasteiger partial charge on any atom is 0.289 e. The van der Waals surface area contributed by atoms with E-state index in [1.807, 2.05) is 12.1 Å². The molecule has 0 fully saturated rings. The molecule has 5 nitrogen and oxygen atoms in total. The van der Waals surface area contributed by atoms with Gasteiger partial charge in [-0.15, -0.1) is 0 Å². The Kier molecular flexibility index (Phi) is 5.38. The normalized spacial score (nSPS) is 11.0. The van der Waals surface area contributed by atoms with Gasteiger partial charge in [0.15, 0.2) is 0 Å². The molecule has 0 aliphatic heterocycles. The van der Waals surface area contributed by atoms with Gasteiger partial charge in [-0.3, -0.25) is 9.89 Å². The second-order valence-corrected chi connectivity index (χ2v) is 6.24. The van der Waals surface area contributed by atoms with Crippen molar-refractivity contribution in [3.8, 4) is 11.3 Å². The largest absolute Gasteiger partial charge is 0.289 e. The molecule has 2 N–H and O–H groups in total. The number of benzene rings is 2. The third kappa shape index (κ3) is 4.20. The Morgan fingerprint density at radius 1 is 1.12 bits per heavy atom. The standard InChI is InChI=1S/C17H11Cl3N4O/c18-12-6-4-10(5-7-12)14-8-15(23-22-14)17(25)24-21-9-11-2-1-3-13(19)16(11)20/h1-9H,(H,22,23)(H,24,25)/b21-9+. The van der Waals surface area contributed by atoms with Crippen LogP contribution in [0.3, 0.4) is 0 Å². The van der Waals surface area contributed by atoms with Gasteiger partial charge in [0.05, 0.1) is 22.0 Å². The number of rotatable bonds is 4. The highest BCUT2D eigenvalue weighted by atomic mass is 35.5. The topological polar surface area (TPSA) is 70.1 Å². The SMILES string of the molecule is O=C(N/N=C/c1cccc(Cl)c1Cl)c1cc(-c2ccc(Cl)cc2)n[nH]1. The Labute approximate surface area is 158 Å². The van der Waals surface area contributed by atoms with Crippen LogP contribution in [0.15, 0.2) is 53.6 Å². The molecule has 1 aromatic heterocycles. The number of aromatic amines is 1. The van der Waals surface area contributed by atoms with Gasteiger partial charge in [-0.05, 0) is 24.3 Å². The summed E-state index contributed by atoms with van der Waals surface area (Å²) in [5.74, 6) is -0.429. The first kappa shape index (κ1) is 17.5. The highest BCUT2D eigenvalue weighted by molar-refractivity contribution is 6.43. The van der Waals surface area contributed by atoms with Gasteiger partial charge in [-0.2, -0.15) is 10.2 Å². The van der Waals surface area contributed by atoms with Crippen LogP contribution >= 0.6 is 34.8 Å². The number of H-pyrrole nitrogens is 1. The number of nitrogens with zero attached hydrogens (tertiary/aromatic N) is 2. The first-order valence-electron chi connectivity index (χ1n) is 7.13. The Morgan fingerprint density at radius 2 is 1.88 bits per heavy atom. The maximum atomic E-state index is 12.1. The molecular formula is C17H11Cl3N4O. The number of hydrogen-bond acceptors (Lipinski definition) is 3. The molecule has 0 aliphatic rings. The molecule has 1 heterocycles. The minimum absolute atomic E-state index is 0.277. The minimum Gasteiger partial charge on any atom is -0.272 e. The van der Waals surface area contributed by atoms with Crippen LogP contribution in [0.5, 0.6) is 0 Å². The molecule has 0 saturated carbocycles. The van der Waals surface area contributed by atoms with E-state index < -0.39 is 5.91 Å². The summed E-state index contributed by atoms with van der Waals surface area (Å²) in [6.45, 7) is 0. The van der Waals surface area contributed by atoms with Gasteiger partial charge in [0.25, 0.3) is 5.91 Å². The van der Waals surface area contributed by atoms with E-state index in [-0.39, 0.29) is 5.69 Å². The van der Waals surface area contributed by atoms with Crippen molar-refractivity contribution in [1.29, 1.82) is 0 Å². The summed E-state index contributed by atoms with van der Waals surface area (Å²) in [6, 6.07) is 13.9. The third-order valence-electron chi connectivity index (χ3n) is 3.31. The van der Waals surface area contributed by atoms with E-state index in [0.717, 1.165) is 5.56 Å². The lowest BCUT2D eigenvalue weighted by molar-refractivity contribution is 0.0950. The smallest absolute Gasteiger partial charge is 0.272 e. The van der Waals surface area contributed by atoms with Crippen LogP contribution in [-0.4, -0.2) is 22.3 Å². The molecule has 0 aliphatic carbocycles. The summed E-state index contributed by atoms with van der Waals surface area (Å²) in [4.78, 5) is 12.1. The first-order valence-corrected chi connectivity index (χ1v) is 8.27. The summed E-state index contributed by atoms with van der Waals surface area (Å²) in [5.41, 5.74) is 4.75. The number of carbonyl (C=O) groups excluding carboxylic acids is 1. The zero-order valence-corrected chi connectivity index (χ0v) is 14.9. The van der Waals surface area contributed by atoms with E-state index in [9.17, 15) is 4.79 Å². The molecule has 3 rings (SSSR count). The molecule has 25 heavy (non-hydrogen) atoms. The molecule has 3 aromatic rings. The van der Waals surface area contributed by atoms with Crippen molar-refractivity contribution in [2.75, 3.05) is 0 Å². The highest BCUT2D eigenvalue weighted by Gasteiger charge is 2.10. The van der Waals surface area contributed by atoms with Crippen molar-refractivity contribution in [1.82, 2.24) is 15.6 Å². The van der Waals surface area contributed by atoms with Crippen molar-refractivity contribution in [3.05, 3.63) is 74.9 Å². The average molecular weight is 394 g/mol. The van der Waals surface area contributed by atoms with Crippen LogP contribution in [0.25, 0.3) is 11.3 Å². The van der Waals surface area contributed by atoms with Crippen molar-refractivity contribution in [2.24, 2.45) is 5.10 Å². The minimum atomic E-state index is -0.429. The third-order valence-corrected chi connectivity index (χ3v) is 4.40. The summed E-state index contributed by atoms with van der Waals surface area (Å²) in [6.07, 6.45) is 1.42. The van der Waals surface area contributed by atoms with Gasteiger partial charge in [0, 0.05) is 16.1 Å². The molecule has 8 heteroatoms. The number of hydrazone groups is 1. The predicted octanol–water partition coefficient (Wildman–Crippen LogP) is 4.80. The van der Waals surface area contributed by atoms with E-state index in [1.54, 1.807) is 36.4 Å². The maximum absolute atomic E-state index is 12.1.